The van der Waals surface area contributed by atoms with Gasteiger partial charge in [0.2, 0.25) is 0 Å². The molecule has 0 spiro atoms. The molecule has 13 heavy (non-hydrogen) atoms. The van der Waals surface area contributed by atoms with E-state index in [0.717, 1.165) is 10.9 Å². The molecule has 0 radical (unpaired) electrons. The lowest BCUT2D eigenvalue weighted by atomic mass is 10.2. The number of aromatic amines is 1. The van der Waals surface area contributed by atoms with E-state index in [1.807, 2.05) is 24.3 Å². The van der Waals surface area contributed by atoms with Crippen LogP contribution in [0.5, 0.6) is 5.88 Å². The molecule has 66 valence electrons. The molecule has 2 rings (SSSR count). The van der Waals surface area contributed by atoms with Crippen molar-refractivity contribution in [2.24, 2.45) is 0 Å². The summed E-state index contributed by atoms with van der Waals surface area (Å²) in [5.41, 5.74) is 0.901. The summed E-state index contributed by atoms with van der Waals surface area (Å²) in [4.78, 5) is 2.88. The highest BCUT2D eigenvalue weighted by Crippen LogP contribution is 2.19. The largest absolute Gasteiger partial charge is 0.708 e. The lowest BCUT2D eigenvalue weighted by molar-refractivity contribution is 0.284. The summed E-state index contributed by atoms with van der Waals surface area (Å²) >= 11 is 0. The number of hydrogen-bond acceptors (Lipinski definition) is 3. The Labute approximate surface area is 75.0 Å². The molecule has 0 amide bonds. The summed E-state index contributed by atoms with van der Waals surface area (Å²) in [6, 6.07) is 9.27. The maximum atomic E-state index is 8.54. The van der Waals surface area contributed by atoms with Crippen LogP contribution in [0.15, 0.2) is 30.3 Å². The average molecular weight is 177 g/mol. The second kappa shape index (κ2) is 3.12. The number of aromatic nitrogens is 1. The van der Waals surface area contributed by atoms with Crippen LogP contribution in [-0.4, -0.2) is 22.4 Å². The first kappa shape index (κ1) is 8.16. The van der Waals surface area contributed by atoms with E-state index in [-0.39, 0.29) is 0 Å². The maximum absolute atomic E-state index is 8.54. The molecule has 0 aliphatic rings. The molecule has 0 saturated carbocycles. The van der Waals surface area contributed by atoms with Crippen LogP contribution in [0, 0.1) is 0 Å². The lowest BCUT2D eigenvalue weighted by Crippen LogP contribution is -2.20. The van der Waals surface area contributed by atoms with Crippen molar-refractivity contribution < 1.29 is 14.7 Å². The van der Waals surface area contributed by atoms with Gasteiger partial charge in [0.1, 0.15) is 0 Å². The fraction of sp³-hybridized carbons (Fsp3) is 0. The van der Waals surface area contributed by atoms with Crippen molar-refractivity contribution in [2.75, 3.05) is 0 Å². The molecule has 3 N–H and O–H groups in total. The van der Waals surface area contributed by atoms with E-state index < -0.39 is 7.32 Å². The zero-order chi connectivity index (χ0) is 9.26. The van der Waals surface area contributed by atoms with Gasteiger partial charge in [-0.2, -0.15) is 0 Å². The second-order valence-corrected chi connectivity index (χ2v) is 2.66. The lowest BCUT2D eigenvalue weighted by Gasteiger charge is -1.98. The van der Waals surface area contributed by atoms with Crippen molar-refractivity contribution in [1.29, 1.82) is 0 Å². The Kier molecular flexibility index (Phi) is 1.96. The van der Waals surface area contributed by atoms with Crippen molar-refractivity contribution in [3.63, 3.8) is 0 Å². The Morgan fingerprint density at radius 3 is 2.69 bits per heavy atom. The van der Waals surface area contributed by atoms with Gasteiger partial charge in [0, 0.05) is 17.0 Å². The number of H-pyrrole nitrogens is 1. The Hall–Kier alpha value is -1.46. The maximum Gasteiger partial charge on any atom is 0.708 e. The van der Waals surface area contributed by atoms with Crippen LogP contribution in [0.3, 0.4) is 0 Å². The first-order valence-electron chi connectivity index (χ1n) is 3.86. The number of benzene rings is 1. The molecule has 0 aliphatic carbocycles. The van der Waals surface area contributed by atoms with Gasteiger partial charge in [-0.15, -0.1) is 0 Å². The van der Waals surface area contributed by atoms with Crippen LogP contribution in [0.1, 0.15) is 0 Å². The van der Waals surface area contributed by atoms with E-state index in [1.165, 1.54) is 0 Å². The highest BCUT2D eigenvalue weighted by atomic mass is 16.6. The number of rotatable bonds is 2. The van der Waals surface area contributed by atoms with Gasteiger partial charge in [0.05, 0.1) is 0 Å². The third-order valence-corrected chi connectivity index (χ3v) is 1.74. The predicted molar refractivity (Wildman–Crippen MR) is 49.1 cm³/mol. The van der Waals surface area contributed by atoms with Gasteiger partial charge in [-0.05, 0) is 6.07 Å². The molecule has 0 aliphatic heterocycles. The van der Waals surface area contributed by atoms with E-state index in [2.05, 4.69) is 9.64 Å². The normalized spacial score (nSPS) is 10.3. The van der Waals surface area contributed by atoms with Gasteiger partial charge in [0.25, 0.3) is 0 Å². The highest BCUT2D eigenvalue weighted by molar-refractivity contribution is 6.33. The Morgan fingerprint density at radius 2 is 2.00 bits per heavy atom. The fourth-order valence-corrected chi connectivity index (χ4v) is 1.22. The summed E-state index contributed by atoms with van der Waals surface area (Å²) in [7, 11) is -1.78. The predicted octanol–water partition coefficient (Wildman–Crippen LogP) is 0.516. The monoisotopic (exact) mass is 177 g/mol. The molecule has 0 fully saturated rings. The van der Waals surface area contributed by atoms with Crippen molar-refractivity contribution in [3.05, 3.63) is 30.3 Å². The summed E-state index contributed by atoms with van der Waals surface area (Å²) in [6.45, 7) is 0. The fourth-order valence-electron chi connectivity index (χ4n) is 1.22. The van der Waals surface area contributed by atoms with Crippen LogP contribution in [0.25, 0.3) is 10.9 Å². The minimum Gasteiger partial charge on any atom is -0.499 e. The standard InChI is InChI=1S/C8H8BNO3/c11-9(12)13-8-5-6-3-1-2-4-7(6)10-8/h1-5,10-12H. The smallest absolute Gasteiger partial charge is 0.499 e. The van der Waals surface area contributed by atoms with Gasteiger partial charge in [-0.25, -0.2) is 0 Å². The van der Waals surface area contributed by atoms with Crippen LogP contribution in [-0.2, 0) is 0 Å². The van der Waals surface area contributed by atoms with Gasteiger partial charge >= 0.3 is 7.32 Å². The van der Waals surface area contributed by atoms with E-state index in [0.29, 0.717) is 5.88 Å². The van der Waals surface area contributed by atoms with Crippen molar-refractivity contribution in [2.45, 2.75) is 0 Å². The molecule has 1 aromatic heterocycles. The third-order valence-electron chi connectivity index (χ3n) is 1.74. The van der Waals surface area contributed by atoms with Crippen LogP contribution in [0.2, 0.25) is 0 Å². The van der Waals surface area contributed by atoms with Crippen molar-refractivity contribution >= 4 is 18.2 Å². The second-order valence-electron chi connectivity index (χ2n) is 2.66. The molecule has 0 bridgehead atoms. The number of fused-ring (bicyclic) bond motifs is 1. The van der Waals surface area contributed by atoms with Crippen LogP contribution >= 0.6 is 0 Å². The van der Waals surface area contributed by atoms with Crippen LogP contribution in [0.4, 0.5) is 0 Å². The molecule has 4 nitrogen and oxygen atoms in total. The Balaban J connectivity index is 2.38. The first-order valence-corrected chi connectivity index (χ1v) is 3.86. The van der Waals surface area contributed by atoms with Gasteiger partial charge < -0.3 is 19.7 Å². The van der Waals surface area contributed by atoms with E-state index >= 15 is 0 Å². The average Bonchev–Trinajstić information content (AvgIpc) is 2.44. The number of para-hydroxylation sites is 1. The van der Waals surface area contributed by atoms with Crippen molar-refractivity contribution in [1.82, 2.24) is 4.98 Å². The van der Waals surface area contributed by atoms with Crippen LogP contribution < -0.4 is 4.65 Å². The number of nitrogens with one attached hydrogen (secondary N) is 1. The minimum atomic E-state index is -1.78. The summed E-state index contributed by atoms with van der Waals surface area (Å²) in [6.07, 6.45) is 0. The van der Waals surface area contributed by atoms with Gasteiger partial charge in [0.15, 0.2) is 5.88 Å². The Morgan fingerprint density at radius 1 is 1.23 bits per heavy atom. The summed E-state index contributed by atoms with van der Waals surface area (Å²) < 4.78 is 4.65. The zero-order valence-electron chi connectivity index (χ0n) is 6.77. The van der Waals surface area contributed by atoms with E-state index in [4.69, 9.17) is 10.0 Å². The van der Waals surface area contributed by atoms with Gasteiger partial charge in [-0.3, -0.25) is 0 Å². The van der Waals surface area contributed by atoms with Crippen molar-refractivity contribution in [3.8, 4) is 5.88 Å². The number of hydrogen-bond donors (Lipinski definition) is 3. The molecule has 1 heterocycles. The van der Waals surface area contributed by atoms with Gasteiger partial charge in [-0.1, -0.05) is 18.2 Å². The zero-order valence-corrected chi connectivity index (χ0v) is 6.77. The first-order chi connectivity index (χ1) is 6.25. The Bertz CT molecular complexity index is 379. The summed E-state index contributed by atoms with van der Waals surface area (Å²) in [5.74, 6) is 0.344. The molecule has 0 atom stereocenters. The minimum absolute atomic E-state index is 0.344. The molecule has 1 aromatic carbocycles. The van der Waals surface area contributed by atoms with E-state index in [9.17, 15) is 0 Å². The molecular formula is C8H8BNO3. The molecule has 5 heteroatoms. The molecule has 0 unspecified atom stereocenters. The molecular weight excluding hydrogens is 169 g/mol. The quantitative estimate of drug-likeness (QED) is 0.585. The SMILES string of the molecule is OB(O)Oc1cc2ccccc2[nH]1. The third kappa shape index (κ3) is 1.66. The topological polar surface area (TPSA) is 65.5 Å². The summed E-state index contributed by atoms with van der Waals surface area (Å²) in [5, 5.41) is 18.1. The van der Waals surface area contributed by atoms with E-state index in [1.54, 1.807) is 6.07 Å². The molecule has 0 saturated heterocycles. The highest BCUT2D eigenvalue weighted by Gasteiger charge is 2.12. The molecule has 2 aromatic rings.